The van der Waals surface area contributed by atoms with Crippen molar-refractivity contribution >= 4 is 5.78 Å². The van der Waals surface area contributed by atoms with Gasteiger partial charge in [0.15, 0.2) is 5.78 Å². The SMILES string of the molecule is C=C1C[C@]2(C)C(O)CC[C@H]2[C@@H]2C(C)CC3=CC(=O)CC[C@@H]3[C@@H]12. The van der Waals surface area contributed by atoms with Crippen LogP contribution in [0.15, 0.2) is 23.8 Å². The Bertz CT molecular complexity index is 560. The first kappa shape index (κ1) is 14.7. The number of allylic oxidation sites excluding steroid dienone is 2. The Balaban J connectivity index is 1.75. The van der Waals surface area contributed by atoms with Gasteiger partial charge in [-0.15, -0.1) is 0 Å². The Hall–Kier alpha value is -0.890. The maximum absolute atomic E-state index is 11.8. The van der Waals surface area contributed by atoms with Crippen LogP contribution in [0.5, 0.6) is 0 Å². The number of carbonyl (C=O) groups excluding carboxylic acids is 1. The number of hydrogen-bond acceptors (Lipinski definition) is 2. The van der Waals surface area contributed by atoms with E-state index in [1.165, 1.54) is 17.6 Å². The van der Waals surface area contributed by atoms with Crippen molar-refractivity contribution in [3.05, 3.63) is 23.8 Å². The fourth-order valence-electron chi connectivity index (χ4n) is 6.56. The Labute approximate surface area is 133 Å². The summed E-state index contributed by atoms with van der Waals surface area (Å²) >= 11 is 0. The van der Waals surface area contributed by atoms with Crippen LogP contribution in [0.25, 0.3) is 0 Å². The molecule has 0 saturated heterocycles. The van der Waals surface area contributed by atoms with E-state index in [0.717, 1.165) is 25.7 Å². The molecule has 0 aromatic carbocycles. The molecule has 0 bridgehead atoms. The van der Waals surface area contributed by atoms with Crippen molar-refractivity contribution in [1.82, 2.24) is 0 Å². The second-order valence-electron chi connectivity index (χ2n) is 8.66. The Morgan fingerprint density at radius 2 is 2.09 bits per heavy atom. The van der Waals surface area contributed by atoms with Gasteiger partial charge in [0.1, 0.15) is 0 Å². The van der Waals surface area contributed by atoms with E-state index in [4.69, 9.17) is 0 Å². The monoisotopic (exact) mass is 300 g/mol. The van der Waals surface area contributed by atoms with Crippen LogP contribution in [-0.2, 0) is 4.79 Å². The summed E-state index contributed by atoms with van der Waals surface area (Å²) in [5, 5.41) is 10.5. The van der Waals surface area contributed by atoms with Crippen LogP contribution < -0.4 is 0 Å². The number of fused-ring (bicyclic) bond motifs is 5. The lowest BCUT2D eigenvalue weighted by atomic mass is 9.48. The predicted molar refractivity (Wildman–Crippen MR) is 87.2 cm³/mol. The molecule has 0 aromatic heterocycles. The molecule has 120 valence electrons. The molecule has 7 atom stereocenters. The van der Waals surface area contributed by atoms with Crippen LogP contribution in [0, 0.1) is 35.0 Å². The second-order valence-corrected chi connectivity index (χ2v) is 8.66. The first-order chi connectivity index (χ1) is 10.4. The van der Waals surface area contributed by atoms with Gasteiger partial charge >= 0.3 is 0 Å². The summed E-state index contributed by atoms with van der Waals surface area (Å²) in [4.78, 5) is 11.8. The minimum atomic E-state index is -0.160. The molecule has 4 aliphatic rings. The molecule has 3 fully saturated rings. The number of aliphatic hydroxyl groups is 1. The molecule has 0 heterocycles. The summed E-state index contributed by atoms with van der Waals surface area (Å²) < 4.78 is 0. The molecule has 4 rings (SSSR count). The van der Waals surface area contributed by atoms with E-state index < -0.39 is 0 Å². The molecule has 1 N–H and O–H groups in total. The van der Waals surface area contributed by atoms with E-state index in [0.29, 0.717) is 41.8 Å². The fraction of sp³-hybridized carbons (Fsp3) is 0.750. The third-order valence-electron chi connectivity index (χ3n) is 7.49. The smallest absolute Gasteiger partial charge is 0.155 e. The van der Waals surface area contributed by atoms with Gasteiger partial charge in [-0.05, 0) is 67.8 Å². The molecule has 2 nitrogen and oxygen atoms in total. The Kier molecular flexibility index (Phi) is 3.21. The zero-order valence-corrected chi connectivity index (χ0v) is 13.8. The molecule has 2 heteroatoms. The molecular formula is C20H28O2. The molecule has 2 unspecified atom stereocenters. The summed E-state index contributed by atoms with van der Waals surface area (Å²) in [6, 6.07) is 0. The number of carbonyl (C=O) groups is 1. The lowest BCUT2D eigenvalue weighted by Gasteiger charge is -2.56. The van der Waals surface area contributed by atoms with Gasteiger partial charge in [-0.1, -0.05) is 31.6 Å². The summed E-state index contributed by atoms with van der Waals surface area (Å²) in [6.07, 6.45) is 7.70. The lowest BCUT2D eigenvalue weighted by molar-refractivity contribution is -0.116. The van der Waals surface area contributed by atoms with Gasteiger partial charge in [0.05, 0.1) is 6.10 Å². The van der Waals surface area contributed by atoms with E-state index in [1.807, 2.05) is 6.08 Å². The minimum absolute atomic E-state index is 0.0399. The minimum Gasteiger partial charge on any atom is -0.393 e. The van der Waals surface area contributed by atoms with E-state index >= 15 is 0 Å². The third kappa shape index (κ3) is 1.86. The molecule has 0 spiro atoms. The molecule has 0 amide bonds. The first-order valence-electron chi connectivity index (χ1n) is 9.01. The lowest BCUT2D eigenvalue weighted by Crippen LogP contribution is -2.51. The quantitative estimate of drug-likeness (QED) is 0.689. The van der Waals surface area contributed by atoms with Crippen molar-refractivity contribution in [2.24, 2.45) is 35.0 Å². The van der Waals surface area contributed by atoms with Gasteiger partial charge in [0, 0.05) is 11.8 Å². The zero-order valence-electron chi connectivity index (χ0n) is 13.8. The first-order valence-corrected chi connectivity index (χ1v) is 9.01. The van der Waals surface area contributed by atoms with Gasteiger partial charge in [-0.3, -0.25) is 4.79 Å². The van der Waals surface area contributed by atoms with Crippen LogP contribution in [0.2, 0.25) is 0 Å². The third-order valence-corrected chi connectivity index (χ3v) is 7.49. The number of ketones is 1. The number of rotatable bonds is 0. The van der Waals surface area contributed by atoms with E-state index in [-0.39, 0.29) is 11.5 Å². The highest BCUT2D eigenvalue weighted by Gasteiger charge is 2.58. The number of aliphatic hydroxyl groups excluding tert-OH is 1. The molecule has 0 radical (unpaired) electrons. The molecule has 0 aliphatic heterocycles. The molecular weight excluding hydrogens is 272 g/mol. The van der Waals surface area contributed by atoms with Crippen LogP contribution in [0.4, 0.5) is 0 Å². The highest BCUT2D eigenvalue weighted by molar-refractivity contribution is 5.91. The van der Waals surface area contributed by atoms with Crippen molar-refractivity contribution in [3.8, 4) is 0 Å². The number of hydrogen-bond donors (Lipinski definition) is 1. The van der Waals surface area contributed by atoms with E-state index in [2.05, 4.69) is 20.4 Å². The van der Waals surface area contributed by atoms with Gasteiger partial charge in [0.25, 0.3) is 0 Å². The highest BCUT2D eigenvalue weighted by Crippen LogP contribution is 2.64. The van der Waals surface area contributed by atoms with E-state index in [1.54, 1.807) is 0 Å². The molecule has 3 saturated carbocycles. The van der Waals surface area contributed by atoms with Crippen molar-refractivity contribution in [3.63, 3.8) is 0 Å². The fourth-order valence-corrected chi connectivity index (χ4v) is 6.56. The average molecular weight is 300 g/mol. The highest BCUT2D eigenvalue weighted by atomic mass is 16.3. The zero-order chi connectivity index (χ0) is 15.6. The standard InChI is InChI=1S/C20H28O2/c1-11-8-13-9-14(21)4-5-15(13)18-12(2)10-20(3)16(19(11)18)6-7-17(20)22/h9,11,15-19,22H,2,4-8,10H2,1,3H3/t11?,15-,16-,17?,18+,19-,20-/m0/s1. The Morgan fingerprint density at radius 3 is 2.86 bits per heavy atom. The summed E-state index contributed by atoms with van der Waals surface area (Å²) in [5.74, 6) is 3.30. The van der Waals surface area contributed by atoms with Crippen molar-refractivity contribution in [1.29, 1.82) is 0 Å². The van der Waals surface area contributed by atoms with Crippen LogP contribution in [0.1, 0.15) is 52.4 Å². The van der Waals surface area contributed by atoms with Crippen LogP contribution >= 0.6 is 0 Å². The average Bonchev–Trinajstić information content (AvgIpc) is 2.74. The molecule has 4 aliphatic carbocycles. The van der Waals surface area contributed by atoms with Crippen LogP contribution in [0.3, 0.4) is 0 Å². The van der Waals surface area contributed by atoms with E-state index in [9.17, 15) is 9.90 Å². The Morgan fingerprint density at radius 1 is 1.32 bits per heavy atom. The topological polar surface area (TPSA) is 37.3 Å². The maximum atomic E-state index is 11.8. The van der Waals surface area contributed by atoms with Crippen LogP contribution in [-0.4, -0.2) is 17.0 Å². The summed E-state index contributed by atoms with van der Waals surface area (Å²) in [6.45, 7) is 9.11. The van der Waals surface area contributed by atoms with Gasteiger partial charge in [0.2, 0.25) is 0 Å². The normalized spacial score (nSPS) is 51.0. The maximum Gasteiger partial charge on any atom is 0.155 e. The largest absolute Gasteiger partial charge is 0.393 e. The van der Waals surface area contributed by atoms with Crippen molar-refractivity contribution in [2.45, 2.75) is 58.5 Å². The second kappa shape index (κ2) is 4.80. The molecule has 0 aromatic rings. The summed E-state index contributed by atoms with van der Waals surface area (Å²) in [5.41, 5.74) is 2.79. The van der Waals surface area contributed by atoms with Crippen molar-refractivity contribution < 1.29 is 9.90 Å². The van der Waals surface area contributed by atoms with Gasteiger partial charge in [-0.25, -0.2) is 0 Å². The van der Waals surface area contributed by atoms with Gasteiger partial charge < -0.3 is 5.11 Å². The molecule has 22 heavy (non-hydrogen) atoms. The summed E-state index contributed by atoms with van der Waals surface area (Å²) in [7, 11) is 0. The predicted octanol–water partition coefficient (Wildman–Crippen LogP) is 3.90. The van der Waals surface area contributed by atoms with Gasteiger partial charge in [-0.2, -0.15) is 0 Å². The van der Waals surface area contributed by atoms with Crippen molar-refractivity contribution in [2.75, 3.05) is 0 Å².